The first kappa shape index (κ1) is 29.7. The number of unbranched alkanes of at least 4 members (excludes halogenated alkanes) is 1. The van der Waals surface area contributed by atoms with Gasteiger partial charge in [-0.15, -0.1) is 0 Å². The van der Waals surface area contributed by atoms with E-state index >= 15 is 0 Å². The van der Waals surface area contributed by atoms with Crippen LogP contribution in [0.25, 0.3) is 0 Å². The Morgan fingerprint density at radius 2 is 1.30 bits per heavy atom. The standard InChI is InChI=1S/C25H31Si.3ClH.Ti/c1-5-6-19-25(21-13-9-7-10-14-21,22-15-11-8-12-16-22)23-17-18-24(20-23)26(2,3)4;;;;/h7-18,20H,5-6,19H2,1-4H3;3*1H;/q;;;;+3/p-3. The van der Waals surface area contributed by atoms with E-state index in [0.29, 0.717) is 0 Å². The molecule has 1 aliphatic rings. The predicted octanol–water partition coefficient (Wildman–Crippen LogP) is -1.75. The van der Waals surface area contributed by atoms with Gasteiger partial charge in [0.1, 0.15) is 0 Å². The number of hydrogen-bond acceptors (Lipinski definition) is 0. The smallest absolute Gasteiger partial charge is 1.00 e. The Hall–Kier alpha value is -0.279. The van der Waals surface area contributed by atoms with Gasteiger partial charge in [-0.3, -0.25) is 0 Å². The van der Waals surface area contributed by atoms with Crippen molar-refractivity contribution in [1.82, 2.24) is 0 Å². The number of benzene rings is 2. The van der Waals surface area contributed by atoms with E-state index in [4.69, 9.17) is 0 Å². The van der Waals surface area contributed by atoms with Crippen molar-refractivity contribution in [2.24, 2.45) is 0 Å². The third-order valence-electron chi connectivity index (χ3n) is 6.08. The van der Waals surface area contributed by atoms with Gasteiger partial charge in [-0.1, -0.05) is 0 Å². The molecule has 1 atom stereocenters. The van der Waals surface area contributed by atoms with E-state index in [9.17, 15) is 0 Å². The van der Waals surface area contributed by atoms with Gasteiger partial charge >= 0.3 is 179 Å². The van der Waals surface area contributed by atoms with Crippen LogP contribution in [0.1, 0.15) is 37.3 Å². The molecule has 0 amide bonds. The molecule has 1 aliphatic carbocycles. The Kier molecular flexibility index (Phi) is 12.0. The molecule has 1 unspecified atom stereocenters. The van der Waals surface area contributed by atoms with Crippen LogP contribution in [0.2, 0.25) is 23.0 Å². The van der Waals surface area contributed by atoms with Crippen LogP contribution in [0, 0.1) is 0 Å². The van der Waals surface area contributed by atoms with Gasteiger partial charge in [0.2, 0.25) is 0 Å². The number of rotatable bonds is 7. The fraction of sp³-hybridized carbons (Fsp3) is 0.360. The van der Waals surface area contributed by atoms with Crippen LogP contribution in [-0.4, -0.2) is 8.07 Å². The van der Waals surface area contributed by atoms with Crippen LogP contribution in [0.15, 0.2) is 84.5 Å². The van der Waals surface area contributed by atoms with Gasteiger partial charge in [-0.2, -0.15) is 0 Å². The molecule has 0 nitrogen and oxygen atoms in total. The summed E-state index contributed by atoms with van der Waals surface area (Å²) in [5, 5.41) is 0. The first-order valence-corrected chi connectivity index (χ1v) is 14.4. The molecule has 0 aromatic heterocycles. The average Bonchev–Trinajstić information content (AvgIpc) is 3.08. The Balaban J connectivity index is 0.00000280. The molecule has 0 N–H and O–H groups in total. The molecule has 0 aliphatic heterocycles. The van der Waals surface area contributed by atoms with Crippen molar-refractivity contribution in [3.8, 4) is 0 Å². The van der Waals surface area contributed by atoms with Gasteiger partial charge in [-0.25, -0.2) is 0 Å². The normalized spacial score (nSPS) is 18.0. The minimum atomic E-state index is -1.37. The van der Waals surface area contributed by atoms with E-state index in [1.54, 1.807) is 0 Å². The number of halogens is 3. The summed E-state index contributed by atoms with van der Waals surface area (Å²) in [5.74, 6) is 0. The third kappa shape index (κ3) is 5.74. The van der Waals surface area contributed by atoms with Gasteiger partial charge in [0.05, 0.1) is 0 Å². The zero-order chi connectivity index (χ0) is 19.5. The van der Waals surface area contributed by atoms with Crippen molar-refractivity contribution in [3.05, 3.63) is 95.6 Å². The molecular weight excluding hydrogens is 483 g/mol. The van der Waals surface area contributed by atoms with E-state index in [2.05, 4.69) is 126 Å². The summed E-state index contributed by atoms with van der Waals surface area (Å²) in [5.41, 5.74) is 4.26. The Morgan fingerprint density at radius 3 is 1.67 bits per heavy atom. The molecular formula is C25H31Cl3SiTi. The topological polar surface area (TPSA) is 0 Å². The van der Waals surface area contributed by atoms with Crippen molar-refractivity contribution in [1.29, 1.82) is 0 Å². The monoisotopic (exact) mass is 512 g/mol. The largest absolute Gasteiger partial charge is 1.00 e. The Morgan fingerprint density at radius 1 is 0.833 bits per heavy atom. The van der Waals surface area contributed by atoms with E-state index in [1.165, 1.54) is 29.5 Å². The van der Waals surface area contributed by atoms with Crippen molar-refractivity contribution in [3.63, 3.8) is 0 Å². The molecule has 0 heterocycles. The van der Waals surface area contributed by atoms with Gasteiger partial charge in [-0.05, 0) is 0 Å². The van der Waals surface area contributed by atoms with E-state index < -0.39 is 8.07 Å². The van der Waals surface area contributed by atoms with Gasteiger partial charge < -0.3 is 37.2 Å². The average molecular weight is 514 g/mol. The fourth-order valence-electron chi connectivity index (χ4n) is 4.11. The fourth-order valence-corrected chi connectivity index (χ4v) is 5.66. The van der Waals surface area contributed by atoms with Crippen LogP contribution in [0.5, 0.6) is 0 Å². The third-order valence-corrected chi connectivity index (χ3v) is 12.9. The summed E-state index contributed by atoms with van der Waals surface area (Å²) < 4.78 is 0.212. The molecule has 5 heteroatoms. The molecule has 3 rings (SSSR count). The maximum Gasteiger partial charge on any atom is -1.00 e. The zero-order valence-corrected chi connectivity index (χ0v) is 23.1. The summed E-state index contributed by atoms with van der Waals surface area (Å²) in [6.07, 6.45) is 11.1. The van der Waals surface area contributed by atoms with E-state index in [-0.39, 0.29) is 46.0 Å². The van der Waals surface area contributed by atoms with E-state index in [0.717, 1.165) is 6.42 Å². The molecule has 30 heavy (non-hydrogen) atoms. The number of hydrogen-bond donors (Lipinski definition) is 0. The second-order valence-electron chi connectivity index (χ2n) is 8.79. The van der Waals surface area contributed by atoms with Crippen LogP contribution in [0.3, 0.4) is 0 Å². The molecule has 160 valence electrons. The quantitative estimate of drug-likeness (QED) is 0.386. The second-order valence-corrected chi connectivity index (χ2v) is 16.2. The first-order chi connectivity index (χ1) is 12.8. The van der Waals surface area contributed by atoms with E-state index in [1.807, 2.05) is 0 Å². The van der Waals surface area contributed by atoms with Gasteiger partial charge in [0, 0.05) is 0 Å². The summed E-state index contributed by atoms with van der Waals surface area (Å²) >= 11 is 2.43. The summed E-state index contributed by atoms with van der Waals surface area (Å²) in [4.78, 5) is 0. The van der Waals surface area contributed by atoms with Crippen LogP contribution < -0.4 is 37.2 Å². The van der Waals surface area contributed by atoms with Crippen molar-refractivity contribution in [2.45, 2.75) is 54.6 Å². The summed E-state index contributed by atoms with van der Waals surface area (Å²) in [6.45, 7) is 9.74. The SMILES string of the molecule is CCCCC(C1=C[C]([Ti+3])([Si](C)(C)C)C=C1)(c1ccccc1)c1ccccc1.[Cl-].[Cl-].[Cl-]. The molecule has 0 radical (unpaired) electrons. The maximum absolute atomic E-state index is 2.61. The minimum absolute atomic E-state index is 0. The van der Waals surface area contributed by atoms with Gasteiger partial charge in [0.15, 0.2) is 0 Å². The molecule has 0 spiro atoms. The summed E-state index contributed by atoms with van der Waals surface area (Å²) in [7, 11) is -1.37. The zero-order valence-electron chi connectivity index (χ0n) is 18.3. The van der Waals surface area contributed by atoms with Crippen LogP contribution in [-0.2, 0) is 25.9 Å². The van der Waals surface area contributed by atoms with Gasteiger partial charge in [0.25, 0.3) is 0 Å². The Labute approximate surface area is 214 Å². The predicted molar refractivity (Wildman–Crippen MR) is 116 cm³/mol. The second kappa shape index (κ2) is 12.1. The van der Waals surface area contributed by atoms with Crippen molar-refractivity contribution in [2.75, 3.05) is 0 Å². The molecule has 2 aromatic carbocycles. The van der Waals surface area contributed by atoms with Crippen LogP contribution in [0.4, 0.5) is 0 Å². The Bertz CT molecular complexity index is 789. The molecule has 0 saturated heterocycles. The van der Waals surface area contributed by atoms with Crippen molar-refractivity contribution < 1.29 is 57.7 Å². The first-order valence-electron chi connectivity index (χ1n) is 10.1. The molecule has 0 saturated carbocycles. The minimum Gasteiger partial charge on any atom is -1.00 e. The molecule has 2 aromatic rings. The number of allylic oxidation sites excluding steroid dienone is 4. The summed E-state index contributed by atoms with van der Waals surface area (Å²) in [6, 6.07) is 22.3. The molecule has 0 bridgehead atoms. The van der Waals surface area contributed by atoms with Crippen molar-refractivity contribution >= 4 is 8.07 Å². The maximum atomic E-state index is 2.61. The molecule has 0 fully saturated rings. The van der Waals surface area contributed by atoms with Crippen LogP contribution >= 0.6 is 0 Å².